The van der Waals surface area contributed by atoms with Crippen molar-refractivity contribution in [1.29, 1.82) is 0 Å². The number of rotatable bonds is 6. The Hall–Kier alpha value is -0.890. The van der Waals surface area contributed by atoms with Gasteiger partial charge >= 0.3 is 0 Å². The van der Waals surface area contributed by atoms with E-state index in [1.165, 1.54) is 31.2 Å². The van der Waals surface area contributed by atoms with Crippen molar-refractivity contribution in [2.75, 3.05) is 7.05 Å². The van der Waals surface area contributed by atoms with Crippen molar-refractivity contribution in [3.05, 3.63) is 29.1 Å². The van der Waals surface area contributed by atoms with E-state index < -0.39 is 0 Å². The number of aryl methyl sites for hydroxylation is 2. The van der Waals surface area contributed by atoms with Crippen molar-refractivity contribution in [3.8, 4) is 0 Å². The number of nitrogens with zero attached hydrogens (tertiary/aromatic N) is 1. The van der Waals surface area contributed by atoms with E-state index in [1.807, 2.05) is 14.0 Å². The van der Waals surface area contributed by atoms with Gasteiger partial charge in [-0.05, 0) is 38.9 Å². The molecule has 2 nitrogen and oxygen atoms in total. The zero-order valence-corrected chi connectivity index (χ0v) is 11.0. The molecule has 1 N–H and O–H groups in total. The molecule has 90 valence electrons. The van der Waals surface area contributed by atoms with E-state index in [2.05, 4.69) is 36.3 Å². The normalized spacial score (nSPS) is 12.8. The van der Waals surface area contributed by atoms with Crippen molar-refractivity contribution in [2.24, 2.45) is 0 Å². The number of hydrogen-bond acceptors (Lipinski definition) is 2. The molecular formula is C14H24N2. The monoisotopic (exact) mass is 220 g/mol. The third-order valence-corrected chi connectivity index (χ3v) is 3.09. The first-order chi connectivity index (χ1) is 7.69. The predicted octanol–water partition coefficient (Wildman–Crippen LogP) is 3.54. The Morgan fingerprint density at radius 1 is 1.25 bits per heavy atom. The summed E-state index contributed by atoms with van der Waals surface area (Å²) in [5, 5.41) is 3.40. The van der Waals surface area contributed by atoms with Gasteiger partial charge < -0.3 is 5.32 Å². The lowest BCUT2D eigenvalue weighted by molar-refractivity contribution is 0.508. The van der Waals surface area contributed by atoms with E-state index in [9.17, 15) is 0 Å². The Morgan fingerprint density at radius 3 is 2.56 bits per heavy atom. The highest BCUT2D eigenvalue weighted by Crippen LogP contribution is 2.21. The van der Waals surface area contributed by atoms with Crippen LogP contribution in [0.4, 0.5) is 0 Å². The van der Waals surface area contributed by atoms with Crippen LogP contribution in [0.5, 0.6) is 0 Å². The van der Waals surface area contributed by atoms with Crippen molar-refractivity contribution in [2.45, 2.75) is 52.5 Å². The average molecular weight is 220 g/mol. The van der Waals surface area contributed by atoms with Crippen LogP contribution in [0.25, 0.3) is 0 Å². The van der Waals surface area contributed by atoms with Crippen molar-refractivity contribution in [1.82, 2.24) is 10.3 Å². The fourth-order valence-corrected chi connectivity index (χ4v) is 2.12. The number of pyridine rings is 1. The Kier molecular flexibility index (Phi) is 5.47. The van der Waals surface area contributed by atoms with E-state index in [1.54, 1.807) is 0 Å². The van der Waals surface area contributed by atoms with Crippen LogP contribution < -0.4 is 5.32 Å². The second-order valence-corrected chi connectivity index (χ2v) is 4.46. The minimum absolute atomic E-state index is 0.458. The molecule has 0 saturated heterocycles. The van der Waals surface area contributed by atoms with Crippen LogP contribution in [0.2, 0.25) is 0 Å². The van der Waals surface area contributed by atoms with E-state index >= 15 is 0 Å². The summed E-state index contributed by atoms with van der Waals surface area (Å²) in [6.45, 7) is 6.39. The second-order valence-electron chi connectivity index (χ2n) is 4.46. The van der Waals surface area contributed by atoms with Gasteiger partial charge in [-0.2, -0.15) is 0 Å². The van der Waals surface area contributed by atoms with E-state index in [4.69, 9.17) is 0 Å². The quantitative estimate of drug-likeness (QED) is 0.742. The minimum Gasteiger partial charge on any atom is -0.313 e. The van der Waals surface area contributed by atoms with Crippen molar-refractivity contribution >= 4 is 0 Å². The molecule has 0 saturated carbocycles. The maximum absolute atomic E-state index is 4.53. The van der Waals surface area contributed by atoms with Gasteiger partial charge in [0.15, 0.2) is 0 Å². The zero-order valence-electron chi connectivity index (χ0n) is 11.0. The molecule has 0 aliphatic heterocycles. The van der Waals surface area contributed by atoms with Crippen LogP contribution in [-0.2, 0) is 0 Å². The number of hydrogen-bond donors (Lipinski definition) is 1. The predicted molar refractivity (Wildman–Crippen MR) is 69.7 cm³/mol. The summed E-state index contributed by atoms with van der Waals surface area (Å²) in [5.74, 6) is 0. The summed E-state index contributed by atoms with van der Waals surface area (Å²) in [6, 6.07) is 4.77. The van der Waals surface area contributed by atoms with Gasteiger partial charge in [-0.25, -0.2) is 0 Å². The molecule has 0 amide bonds. The molecule has 1 unspecified atom stereocenters. The van der Waals surface area contributed by atoms with Crippen molar-refractivity contribution in [3.63, 3.8) is 0 Å². The van der Waals surface area contributed by atoms with E-state index in [-0.39, 0.29) is 0 Å². The standard InChI is InChI=1S/C14H24N2/c1-5-6-7-8-14(15-4)13-10-9-11(2)16-12(13)3/h9-10,14-15H,5-8H2,1-4H3. The topological polar surface area (TPSA) is 24.9 Å². The highest BCUT2D eigenvalue weighted by molar-refractivity contribution is 5.25. The van der Waals surface area contributed by atoms with Crippen LogP contribution in [0.1, 0.15) is 55.6 Å². The van der Waals surface area contributed by atoms with Crippen LogP contribution >= 0.6 is 0 Å². The molecule has 1 aromatic rings. The molecule has 0 aromatic carbocycles. The summed E-state index contributed by atoms with van der Waals surface area (Å²) in [5.41, 5.74) is 3.62. The lowest BCUT2D eigenvalue weighted by Gasteiger charge is -2.18. The first kappa shape index (κ1) is 13.2. The third-order valence-electron chi connectivity index (χ3n) is 3.09. The Balaban J connectivity index is 2.70. The number of unbranched alkanes of at least 4 members (excludes halogenated alkanes) is 2. The summed E-state index contributed by atoms with van der Waals surface area (Å²) >= 11 is 0. The van der Waals surface area contributed by atoms with E-state index in [0.717, 1.165) is 11.4 Å². The summed E-state index contributed by atoms with van der Waals surface area (Å²) < 4.78 is 0. The Morgan fingerprint density at radius 2 is 2.00 bits per heavy atom. The molecule has 1 rings (SSSR count). The molecule has 1 heterocycles. The SMILES string of the molecule is CCCCCC(NC)c1ccc(C)nc1C. The minimum atomic E-state index is 0.458. The van der Waals surface area contributed by atoms with Gasteiger partial charge in [-0.3, -0.25) is 4.98 Å². The number of nitrogens with one attached hydrogen (secondary N) is 1. The highest BCUT2D eigenvalue weighted by atomic mass is 14.9. The Bertz CT molecular complexity index is 321. The van der Waals surface area contributed by atoms with Crippen LogP contribution in [0, 0.1) is 13.8 Å². The fourth-order valence-electron chi connectivity index (χ4n) is 2.12. The van der Waals surface area contributed by atoms with Crippen LogP contribution in [0.3, 0.4) is 0 Å². The fraction of sp³-hybridized carbons (Fsp3) is 0.643. The molecule has 1 aromatic heterocycles. The van der Waals surface area contributed by atoms with Crippen LogP contribution in [-0.4, -0.2) is 12.0 Å². The molecule has 0 bridgehead atoms. The van der Waals surface area contributed by atoms with Gasteiger partial charge in [0.05, 0.1) is 0 Å². The molecule has 1 atom stereocenters. The van der Waals surface area contributed by atoms with Gasteiger partial charge in [0.2, 0.25) is 0 Å². The molecule has 0 radical (unpaired) electrons. The van der Waals surface area contributed by atoms with E-state index in [0.29, 0.717) is 6.04 Å². The highest BCUT2D eigenvalue weighted by Gasteiger charge is 2.11. The van der Waals surface area contributed by atoms with Gasteiger partial charge in [0.1, 0.15) is 0 Å². The molecule has 0 aliphatic rings. The molecule has 2 heteroatoms. The van der Waals surface area contributed by atoms with Crippen LogP contribution in [0.15, 0.2) is 12.1 Å². The third kappa shape index (κ3) is 3.60. The first-order valence-corrected chi connectivity index (χ1v) is 6.30. The maximum atomic E-state index is 4.53. The first-order valence-electron chi connectivity index (χ1n) is 6.30. The average Bonchev–Trinajstić information content (AvgIpc) is 2.26. The van der Waals surface area contributed by atoms with Gasteiger partial charge in [-0.15, -0.1) is 0 Å². The van der Waals surface area contributed by atoms with Gasteiger partial charge in [0.25, 0.3) is 0 Å². The molecule has 0 spiro atoms. The summed E-state index contributed by atoms with van der Waals surface area (Å²) in [7, 11) is 2.04. The largest absolute Gasteiger partial charge is 0.313 e. The van der Waals surface area contributed by atoms with Gasteiger partial charge in [0, 0.05) is 17.4 Å². The lowest BCUT2D eigenvalue weighted by atomic mass is 9.99. The molecular weight excluding hydrogens is 196 g/mol. The van der Waals surface area contributed by atoms with Gasteiger partial charge in [-0.1, -0.05) is 32.3 Å². The maximum Gasteiger partial charge on any atom is 0.0423 e. The zero-order chi connectivity index (χ0) is 12.0. The summed E-state index contributed by atoms with van der Waals surface area (Å²) in [4.78, 5) is 4.53. The number of aromatic nitrogens is 1. The Labute approximate surface area is 99.5 Å². The lowest BCUT2D eigenvalue weighted by Crippen LogP contribution is -2.18. The molecule has 16 heavy (non-hydrogen) atoms. The smallest absolute Gasteiger partial charge is 0.0423 e. The van der Waals surface area contributed by atoms with Crippen molar-refractivity contribution < 1.29 is 0 Å². The second kappa shape index (κ2) is 6.64. The molecule has 0 aliphatic carbocycles. The summed E-state index contributed by atoms with van der Waals surface area (Å²) in [6.07, 6.45) is 5.09. The molecule has 0 fully saturated rings.